The van der Waals surface area contributed by atoms with E-state index < -0.39 is 12.1 Å². The van der Waals surface area contributed by atoms with Crippen LogP contribution in [-0.2, 0) is 16.1 Å². The number of fused-ring (bicyclic) bond motifs is 1. The zero-order valence-electron chi connectivity index (χ0n) is 17.8. The van der Waals surface area contributed by atoms with E-state index in [0.717, 1.165) is 82.0 Å². The van der Waals surface area contributed by atoms with Gasteiger partial charge in [0.25, 0.3) is 5.56 Å². The second-order valence-corrected chi connectivity index (χ2v) is 8.58. The number of rotatable bonds is 3. The first-order chi connectivity index (χ1) is 15.1. The molecule has 3 N–H and O–H groups in total. The van der Waals surface area contributed by atoms with E-state index in [1.807, 2.05) is 0 Å². The SMILES string of the molecule is CCCC1CNCc2c1[nH]c(=O)c(C#N)c2N1CCC2(CC1)COC2.O=C(O)C(F)(F)F. The minimum atomic E-state index is -5.08. The second kappa shape index (κ2) is 9.50. The zero-order valence-corrected chi connectivity index (χ0v) is 17.8. The molecule has 0 aliphatic carbocycles. The van der Waals surface area contributed by atoms with Crippen molar-refractivity contribution in [1.82, 2.24) is 10.3 Å². The molecule has 2 fully saturated rings. The van der Waals surface area contributed by atoms with E-state index in [-0.39, 0.29) is 11.1 Å². The van der Waals surface area contributed by atoms with Crippen LogP contribution in [0.5, 0.6) is 0 Å². The first kappa shape index (κ1) is 24.1. The number of hydrogen-bond acceptors (Lipinski definition) is 6. The van der Waals surface area contributed by atoms with Gasteiger partial charge in [0.2, 0.25) is 0 Å². The Morgan fingerprint density at radius 1 is 1.34 bits per heavy atom. The third-order valence-corrected chi connectivity index (χ3v) is 6.37. The Morgan fingerprint density at radius 2 is 1.97 bits per heavy atom. The number of halogens is 3. The molecule has 0 bridgehead atoms. The van der Waals surface area contributed by atoms with Gasteiger partial charge in [0.1, 0.15) is 11.6 Å². The number of aliphatic carboxylic acids is 1. The molecule has 1 aromatic heterocycles. The number of alkyl halides is 3. The number of carbonyl (C=O) groups is 1. The third-order valence-electron chi connectivity index (χ3n) is 6.37. The number of ether oxygens (including phenoxy) is 1. The van der Waals surface area contributed by atoms with Gasteiger partial charge in [-0.15, -0.1) is 0 Å². The van der Waals surface area contributed by atoms with Crippen molar-refractivity contribution in [1.29, 1.82) is 5.26 Å². The summed E-state index contributed by atoms with van der Waals surface area (Å²) in [5, 5.41) is 20.2. The molecule has 3 aliphatic rings. The highest BCUT2D eigenvalue weighted by Crippen LogP contribution is 2.41. The Balaban J connectivity index is 0.000000360. The topological polar surface area (TPSA) is 118 Å². The monoisotopic (exact) mass is 456 g/mol. The molecule has 0 saturated carbocycles. The van der Waals surface area contributed by atoms with E-state index in [0.29, 0.717) is 11.3 Å². The Hall–Kier alpha value is -2.58. The number of nitrogens with zero attached hydrogens (tertiary/aromatic N) is 2. The summed E-state index contributed by atoms with van der Waals surface area (Å²) >= 11 is 0. The molecule has 1 spiro atoms. The highest BCUT2D eigenvalue weighted by molar-refractivity contribution is 5.73. The van der Waals surface area contributed by atoms with Crippen LogP contribution < -0.4 is 15.8 Å². The summed E-state index contributed by atoms with van der Waals surface area (Å²) in [6.45, 7) is 7.29. The fourth-order valence-corrected chi connectivity index (χ4v) is 4.58. The van der Waals surface area contributed by atoms with Crippen LogP contribution in [0.3, 0.4) is 0 Å². The Labute approximate surface area is 183 Å². The number of aromatic nitrogens is 1. The molecule has 2 saturated heterocycles. The number of anilines is 1. The first-order valence-electron chi connectivity index (χ1n) is 10.6. The van der Waals surface area contributed by atoms with Crippen LogP contribution in [0.25, 0.3) is 0 Å². The maximum Gasteiger partial charge on any atom is 0.490 e. The third kappa shape index (κ3) is 4.91. The lowest BCUT2D eigenvalue weighted by Crippen LogP contribution is -2.51. The number of nitriles is 1. The molecule has 1 unspecified atom stereocenters. The van der Waals surface area contributed by atoms with E-state index in [4.69, 9.17) is 14.6 Å². The number of nitrogens with one attached hydrogen (secondary N) is 2. The summed E-state index contributed by atoms with van der Waals surface area (Å²) < 4.78 is 37.2. The van der Waals surface area contributed by atoms with Crippen LogP contribution in [0.15, 0.2) is 4.79 Å². The van der Waals surface area contributed by atoms with E-state index >= 15 is 0 Å². The number of hydrogen-bond donors (Lipinski definition) is 3. The predicted molar refractivity (Wildman–Crippen MR) is 110 cm³/mol. The first-order valence-corrected chi connectivity index (χ1v) is 10.6. The summed E-state index contributed by atoms with van der Waals surface area (Å²) in [4.78, 5) is 26.8. The van der Waals surface area contributed by atoms with Crippen molar-refractivity contribution in [2.75, 3.05) is 37.7 Å². The average Bonchev–Trinajstić information content (AvgIpc) is 2.72. The van der Waals surface area contributed by atoms with Gasteiger partial charge in [-0.3, -0.25) is 4.79 Å². The van der Waals surface area contributed by atoms with Gasteiger partial charge in [0, 0.05) is 48.8 Å². The van der Waals surface area contributed by atoms with Gasteiger partial charge >= 0.3 is 12.1 Å². The van der Waals surface area contributed by atoms with Crippen LogP contribution in [-0.4, -0.2) is 55.1 Å². The summed E-state index contributed by atoms with van der Waals surface area (Å²) in [5.41, 5.74) is 3.44. The molecule has 4 heterocycles. The van der Waals surface area contributed by atoms with Gasteiger partial charge in [-0.25, -0.2) is 4.79 Å². The van der Waals surface area contributed by atoms with Crippen molar-refractivity contribution in [3.63, 3.8) is 0 Å². The van der Waals surface area contributed by atoms with Gasteiger partial charge in [-0.2, -0.15) is 18.4 Å². The van der Waals surface area contributed by atoms with Gasteiger partial charge in [0.15, 0.2) is 0 Å². The Bertz CT molecular complexity index is 940. The lowest BCUT2D eigenvalue weighted by Gasteiger charge is -2.48. The summed E-state index contributed by atoms with van der Waals surface area (Å²) in [6, 6.07) is 2.17. The minimum absolute atomic E-state index is 0.230. The van der Waals surface area contributed by atoms with Crippen LogP contribution in [0.1, 0.15) is 55.3 Å². The predicted octanol–water partition coefficient (Wildman–Crippen LogP) is 2.48. The van der Waals surface area contributed by atoms with Crippen LogP contribution in [0.2, 0.25) is 0 Å². The summed E-state index contributed by atoms with van der Waals surface area (Å²) in [6.07, 6.45) is -0.812. The highest BCUT2D eigenvalue weighted by Gasteiger charge is 2.42. The molecule has 4 rings (SSSR count). The number of carboxylic acid groups (broad SMARTS) is 1. The van der Waals surface area contributed by atoms with Gasteiger partial charge in [-0.05, 0) is 19.3 Å². The standard InChI is InChI=1S/C19H26N4O2.C2HF3O2/c1-2-3-13-9-21-10-15-16(13)22-18(24)14(8-20)17(15)23-6-4-19(5-7-23)11-25-12-19;3-2(4,5)1(6)7/h13,21H,2-7,9-12H2,1H3,(H,22,24);(H,6,7). The van der Waals surface area contributed by atoms with Crippen molar-refractivity contribution in [2.45, 2.75) is 51.2 Å². The second-order valence-electron chi connectivity index (χ2n) is 8.58. The molecular weight excluding hydrogens is 429 g/mol. The number of pyridine rings is 1. The number of H-pyrrole nitrogens is 1. The smallest absolute Gasteiger partial charge is 0.475 e. The van der Waals surface area contributed by atoms with Gasteiger partial charge in [0.05, 0.1) is 18.9 Å². The maximum atomic E-state index is 12.6. The number of aromatic amines is 1. The number of piperidine rings is 1. The fraction of sp³-hybridized carbons (Fsp3) is 0.667. The van der Waals surface area contributed by atoms with Crippen molar-refractivity contribution in [3.8, 4) is 6.07 Å². The minimum Gasteiger partial charge on any atom is -0.475 e. The molecule has 0 radical (unpaired) electrons. The summed E-state index contributed by atoms with van der Waals surface area (Å²) in [5.74, 6) is -2.43. The van der Waals surface area contributed by atoms with Crippen molar-refractivity contribution in [2.24, 2.45) is 5.41 Å². The van der Waals surface area contributed by atoms with Crippen molar-refractivity contribution in [3.05, 3.63) is 27.2 Å². The van der Waals surface area contributed by atoms with E-state index in [9.17, 15) is 23.2 Å². The largest absolute Gasteiger partial charge is 0.490 e. The van der Waals surface area contributed by atoms with E-state index in [1.54, 1.807) is 0 Å². The average molecular weight is 456 g/mol. The number of carboxylic acids is 1. The highest BCUT2D eigenvalue weighted by atomic mass is 19.4. The molecule has 8 nitrogen and oxygen atoms in total. The quantitative estimate of drug-likeness (QED) is 0.639. The molecule has 0 amide bonds. The zero-order chi connectivity index (χ0) is 23.5. The molecular formula is C21H27F3N4O4. The Morgan fingerprint density at radius 3 is 2.44 bits per heavy atom. The van der Waals surface area contributed by atoms with Gasteiger partial charge < -0.3 is 25.0 Å². The molecule has 32 heavy (non-hydrogen) atoms. The summed E-state index contributed by atoms with van der Waals surface area (Å²) in [7, 11) is 0. The van der Waals surface area contributed by atoms with Crippen LogP contribution in [0.4, 0.5) is 18.9 Å². The van der Waals surface area contributed by atoms with Gasteiger partial charge in [-0.1, -0.05) is 13.3 Å². The molecule has 1 aromatic rings. The van der Waals surface area contributed by atoms with E-state index in [2.05, 4.69) is 28.2 Å². The molecule has 176 valence electrons. The molecule has 0 aromatic carbocycles. The maximum absolute atomic E-state index is 12.6. The van der Waals surface area contributed by atoms with E-state index in [1.165, 1.54) is 0 Å². The fourth-order valence-electron chi connectivity index (χ4n) is 4.58. The lowest BCUT2D eigenvalue weighted by molar-refractivity contribution is -0.192. The molecule has 3 aliphatic heterocycles. The van der Waals surface area contributed by atoms with Crippen LogP contribution >= 0.6 is 0 Å². The normalized spacial score (nSPS) is 21.6. The van der Waals surface area contributed by atoms with Crippen molar-refractivity contribution >= 4 is 11.7 Å². The van der Waals surface area contributed by atoms with Crippen molar-refractivity contribution < 1.29 is 27.8 Å². The molecule has 11 heteroatoms. The lowest BCUT2D eigenvalue weighted by atomic mass is 9.76. The molecule has 1 atom stereocenters. The van der Waals surface area contributed by atoms with Crippen LogP contribution in [0, 0.1) is 16.7 Å². The Kier molecular flexibility index (Phi) is 7.15.